The number of aliphatic imine (C=N–C) groups is 1. The van der Waals surface area contributed by atoms with E-state index in [0.717, 1.165) is 12.8 Å². The molecule has 0 aromatic rings. The van der Waals surface area contributed by atoms with Crippen molar-refractivity contribution in [2.75, 3.05) is 0 Å². The summed E-state index contributed by atoms with van der Waals surface area (Å²) in [7, 11) is 0. The number of nitrogens with zero attached hydrogens (tertiary/aromatic N) is 1. The Morgan fingerprint density at radius 2 is 2.17 bits per heavy atom. The summed E-state index contributed by atoms with van der Waals surface area (Å²) in [6, 6.07) is -0.872. The summed E-state index contributed by atoms with van der Waals surface area (Å²) in [5, 5.41) is 13.1. The van der Waals surface area contributed by atoms with Crippen LogP contribution in [0.15, 0.2) is 17.6 Å². The van der Waals surface area contributed by atoms with Crippen LogP contribution in [0.25, 0.3) is 0 Å². The molecule has 18 heavy (non-hydrogen) atoms. The molecule has 0 saturated carbocycles. The van der Waals surface area contributed by atoms with Crippen LogP contribution in [-0.4, -0.2) is 17.8 Å². The summed E-state index contributed by atoms with van der Waals surface area (Å²) in [5.74, 6) is -1.37. The number of hydrogen-bond acceptors (Lipinski definition) is 3. The van der Waals surface area contributed by atoms with Crippen LogP contribution in [0.1, 0.15) is 33.1 Å². The second kappa shape index (κ2) is 7.07. The van der Waals surface area contributed by atoms with Gasteiger partial charge in [-0.15, -0.1) is 6.58 Å². The van der Waals surface area contributed by atoms with Crippen LogP contribution in [0.4, 0.5) is 0 Å². The molecule has 0 aliphatic carbocycles. The van der Waals surface area contributed by atoms with Crippen LogP contribution >= 0.6 is 0 Å². The van der Waals surface area contributed by atoms with E-state index in [4.69, 9.17) is 0 Å². The van der Waals surface area contributed by atoms with Gasteiger partial charge in [0, 0.05) is 0 Å². The van der Waals surface area contributed by atoms with Crippen LogP contribution in [-0.2, 0) is 9.59 Å². The molecule has 1 aliphatic heterocycles. The molecule has 2 atom stereocenters. The van der Waals surface area contributed by atoms with Gasteiger partial charge in [-0.05, 0) is 18.8 Å². The number of carbonyl (C=O) groups excluding carboxylic acids is 2. The molecule has 0 radical (unpaired) electrons. The predicted octanol–water partition coefficient (Wildman–Crippen LogP) is -2.64. The average Bonchev–Trinajstić information content (AvgIpc) is 2.23. The number of allylic oxidation sites excluding steroid dienone is 1. The minimum Gasteiger partial charge on any atom is -0.846 e. The molecule has 0 bridgehead atoms. The summed E-state index contributed by atoms with van der Waals surface area (Å²) in [6.45, 7) is 7.38. The third-order valence-corrected chi connectivity index (χ3v) is 3.24. The van der Waals surface area contributed by atoms with Gasteiger partial charge >= 0.3 is 29.6 Å². The molecule has 0 saturated heterocycles. The number of amidine groups is 1. The van der Waals surface area contributed by atoms with E-state index in [0.29, 0.717) is 0 Å². The Labute approximate surface area is 129 Å². The predicted molar refractivity (Wildman–Crippen MR) is 61.9 cm³/mol. The van der Waals surface area contributed by atoms with Crippen LogP contribution in [0, 0.1) is 11.3 Å². The molecule has 94 valence electrons. The van der Waals surface area contributed by atoms with E-state index < -0.39 is 23.3 Å². The van der Waals surface area contributed by atoms with Gasteiger partial charge in [0.05, 0.1) is 6.02 Å². The Balaban J connectivity index is 0.00000289. The van der Waals surface area contributed by atoms with E-state index in [-0.39, 0.29) is 41.9 Å². The average molecular weight is 260 g/mol. The first kappa shape index (κ1) is 17.4. The molecule has 5 nitrogen and oxygen atoms in total. The van der Waals surface area contributed by atoms with Gasteiger partial charge in [0.2, 0.25) is 5.91 Å². The smallest absolute Gasteiger partial charge is 0.846 e. The van der Waals surface area contributed by atoms with Gasteiger partial charge in [-0.3, -0.25) is 9.59 Å². The first-order valence-corrected chi connectivity index (χ1v) is 5.71. The Morgan fingerprint density at radius 3 is 2.61 bits per heavy atom. The standard InChI is InChI=1S/C12H18N2O3.Na/c1-4-6-8(3)12(7-5-2)9(15)13-11(17)14-10(12)16;/h5,8H,2,4,6-7H2,1,3H3,(H2,13,14,15,16,17);/q;+1/p-1/t8-;/m1./s1. The molecule has 0 aromatic carbocycles. The molecule has 0 spiro atoms. The Bertz CT molecular complexity index is 382. The maximum atomic E-state index is 12.0. The maximum absolute atomic E-state index is 12.0. The summed E-state index contributed by atoms with van der Waals surface area (Å²) < 4.78 is 0. The van der Waals surface area contributed by atoms with Gasteiger partial charge in [0.1, 0.15) is 5.41 Å². The van der Waals surface area contributed by atoms with Gasteiger partial charge in [-0.1, -0.05) is 26.3 Å². The van der Waals surface area contributed by atoms with Crippen molar-refractivity contribution >= 4 is 17.8 Å². The third-order valence-electron chi connectivity index (χ3n) is 3.24. The van der Waals surface area contributed by atoms with Crippen molar-refractivity contribution in [1.29, 1.82) is 0 Å². The van der Waals surface area contributed by atoms with Crippen molar-refractivity contribution in [2.24, 2.45) is 16.3 Å². The van der Waals surface area contributed by atoms with E-state index in [2.05, 4.69) is 16.9 Å². The van der Waals surface area contributed by atoms with Crippen molar-refractivity contribution in [3.63, 3.8) is 0 Å². The van der Waals surface area contributed by atoms with Crippen LogP contribution in [0.2, 0.25) is 0 Å². The maximum Gasteiger partial charge on any atom is 1.00 e. The van der Waals surface area contributed by atoms with Crippen LogP contribution in [0.5, 0.6) is 0 Å². The molecule has 1 aliphatic rings. The number of nitrogens with one attached hydrogen (secondary N) is 1. The summed E-state index contributed by atoms with van der Waals surface area (Å²) in [5.41, 5.74) is -1.26. The zero-order chi connectivity index (χ0) is 13.1. The quantitative estimate of drug-likeness (QED) is 0.333. The molecule has 6 heteroatoms. The fourth-order valence-corrected chi connectivity index (χ4v) is 2.25. The van der Waals surface area contributed by atoms with Crippen molar-refractivity contribution in [3.05, 3.63) is 12.7 Å². The molecule has 1 unspecified atom stereocenters. The van der Waals surface area contributed by atoms with E-state index >= 15 is 0 Å². The fraction of sp³-hybridized carbons (Fsp3) is 0.583. The molecular formula is C12H17N2NaO3. The van der Waals surface area contributed by atoms with Crippen molar-refractivity contribution in [1.82, 2.24) is 5.32 Å². The monoisotopic (exact) mass is 260 g/mol. The van der Waals surface area contributed by atoms with Crippen LogP contribution < -0.4 is 40.0 Å². The van der Waals surface area contributed by atoms with Crippen molar-refractivity contribution in [2.45, 2.75) is 33.1 Å². The molecule has 0 aromatic heterocycles. The molecular weight excluding hydrogens is 243 g/mol. The Kier molecular flexibility index (Phi) is 6.81. The molecule has 1 heterocycles. The topological polar surface area (TPSA) is 81.6 Å². The summed E-state index contributed by atoms with van der Waals surface area (Å²) in [4.78, 5) is 27.3. The van der Waals surface area contributed by atoms with Gasteiger partial charge in [0.15, 0.2) is 0 Å². The third kappa shape index (κ3) is 3.02. The Hall–Kier alpha value is -0.650. The Morgan fingerprint density at radius 1 is 1.56 bits per heavy atom. The molecule has 1 N–H and O–H groups in total. The summed E-state index contributed by atoms with van der Waals surface area (Å²) >= 11 is 0. The van der Waals surface area contributed by atoms with E-state index in [9.17, 15) is 14.7 Å². The number of hydrogen-bond donors (Lipinski definition) is 1. The van der Waals surface area contributed by atoms with Crippen molar-refractivity contribution in [3.8, 4) is 0 Å². The SMILES string of the molecule is C=CCC1([C@H](C)CCC)C(=O)N=C([O-])NC1=O.[Na+]. The van der Waals surface area contributed by atoms with Crippen molar-refractivity contribution < 1.29 is 44.3 Å². The minimum atomic E-state index is -1.26. The van der Waals surface area contributed by atoms with Gasteiger partial charge in [-0.2, -0.15) is 0 Å². The molecule has 2 amide bonds. The number of amides is 2. The van der Waals surface area contributed by atoms with E-state index in [1.54, 1.807) is 0 Å². The van der Waals surface area contributed by atoms with E-state index in [1.165, 1.54) is 6.08 Å². The first-order chi connectivity index (χ1) is 7.98. The second-order valence-electron chi connectivity index (χ2n) is 4.33. The second-order valence-corrected chi connectivity index (χ2v) is 4.33. The van der Waals surface area contributed by atoms with E-state index in [1.807, 2.05) is 13.8 Å². The normalized spacial score (nSPS) is 24.7. The minimum absolute atomic E-state index is 0. The van der Waals surface area contributed by atoms with Crippen LogP contribution in [0.3, 0.4) is 0 Å². The zero-order valence-corrected chi connectivity index (χ0v) is 13.2. The van der Waals surface area contributed by atoms with Gasteiger partial charge in [-0.25, -0.2) is 4.99 Å². The molecule has 0 fully saturated rings. The summed E-state index contributed by atoms with van der Waals surface area (Å²) in [6.07, 6.45) is 3.30. The zero-order valence-electron chi connectivity index (χ0n) is 11.2. The van der Waals surface area contributed by atoms with Gasteiger partial charge in [0.25, 0.3) is 5.91 Å². The largest absolute Gasteiger partial charge is 1.00 e. The number of carbonyl (C=O) groups is 2. The first-order valence-electron chi connectivity index (χ1n) is 5.71. The number of rotatable bonds is 5. The molecule has 1 rings (SSSR count). The van der Waals surface area contributed by atoms with Gasteiger partial charge < -0.3 is 10.4 Å². The fourth-order valence-electron chi connectivity index (χ4n) is 2.25.